The van der Waals surface area contributed by atoms with Gasteiger partial charge in [0.25, 0.3) is 5.56 Å². The zero-order chi connectivity index (χ0) is 31.0. The molecular weight excluding hydrogens is 594 g/mol. The van der Waals surface area contributed by atoms with Gasteiger partial charge in [-0.3, -0.25) is 19.2 Å². The van der Waals surface area contributed by atoms with Crippen LogP contribution in [0.3, 0.4) is 0 Å². The van der Waals surface area contributed by atoms with Gasteiger partial charge < -0.3 is 10.2 Å². The smallest absolute Gasteiger partial charge is 0.264 e. The first kappa shape index (κ1) is 28.4. The minimum absolute atomic E-state index is 0.220. The van der Waals surface area contributed by atoms with E-state index in [9.17, 15) is 4.79 Å². The highest BCUT2D eigenvalue weighted by atomic mass is 35.5. The molecule has 1 unspecified atom stereocenters. The molecule has 228 valence electrons. The fourth-order valence-corrected chi connectivity index (χ4v) is 6.99. The molecule has 0 aliphatic carbocycles. The van der Waals surface area contributed by atoms with Crippen molar-refractivity contribution < 1.29 is 0 Å². The molecule has 0 amide bonds. The Bertz CT molecular complexity index is 2080. The fourth-order valence-electron chi connectivity index (χ4n) is 6.70. The Morgan fingerprint density at radius 2 is 1.65 bits per heavy atom. The SMILES string of the molecule is O=c1c(-c2ccc(-c3ccccn3)cc2Cl)cc2cnc(Nc3ccc(N4CCN5CCCC5C4)cc3)nc2n1-c1ccccc1. The number of nitrogens with one attached hydrogen (secondary N) is 1. The summed E-state index contributed by atoms with van der Waals surface area (Å²) < 4.78 is 1.63. The van der Waals surface area contributed by atoms with E-state index in [1.54, 1.807) is 17.0 Å². The van der Waals surface area contributed by atoms with Crippen LogP contribution in [0, 0.1) is 0 Å². The molecule has 0 bridgehead atoms. The van der Waals surface area contributed by atoms with Gasteiger partial charge in [-0.25, -0.2) is 4.98 Å². The highest BCUT2D eigenvalue weighted by Gasteiger charge is 2.30. The highest BCUT2D eigenvalue weighted by Crippen LogP contribution is 2.32. The maximum absolute atomic E-state index is 14.2. The fraction of sp³-hybridized carbons (Fsp3) is 0.189. The maximum atomic E-state index is 14.2. The lowest BCUT2D eigenvalue weighted by Gasteiger charge is -2.38. The number of nitrogens with zero attached hydrogens (tertiary/aromatic N) is 6. The molecule has 8 nitrogen and oxygen atoms in total. The van der Waals surface area contributed by atoms with Crippen molar-refractivity contribution in [3.05, 3.63) is 125 Å². The van der Waals surface area contributed by atoms with Crippen molar-refractivity contribution in [3.63, 3.8) is 0 Å². The van der Waals surface area contributed by atoms with Crippen LogP contribution < -0.4 is 15.8 Å². The third-order valence-electron chi connectivity index (χ3n) is 9.05. The molecule has 0 radical (unpaired) electrons. The largest absolute Gasteiger partial charge is 0.369 e. The van der Waals surface area contributed by atoms with E-state index in [4.69, 9.17) is 16.6 Å². The lowest BCUT2D eigenvalue weighted by Crippen LogP contribution is -2.50. The summed E-state index contributed by atoms with van der Waals surface area (Å²) in [6.07, 6.45) is 6.09. The minimum atomic E-state index is -0.220. The van der Waals surface area contributed by atoms with Gasteiger partial charge in [-0.2, -0.15) is 4.98 Å². The molecule has 2 saturated heterocycles. The van der Waals surface area contributed by atoms with E-state index in [1.807, 2.05) is 72.8 Å². The van der Waals surface area contributed by atoms with Gasteiger partial charge in [-0.1, -0.05) is 48.0 Å². The molecule has 5 heterocycles. The third-order valence-corrected chi connectivity index (χ3v) is 9.36. The predicted molar refractivity (Wildman–Crippen MR) is 185 cm³/mol. The molecule has 9 heteroatoms. The van der Waals surface area contributed by atoms with Crippen LogP contribution >= 0.6 is 11.6 Å². The number of pyridine rings is 2. The lowest BCUT2D eigenvalue weighted by molar-refractivity contribution is 0.231. The van der Waals surface area contributed by atoms with Gasteiger partial charge >= 0.3 is 0 Å². The number of hydrogen-bond donors (Lipinski definition) is 1. The van der Waals surface area contributed by atoms with Crippen LogP contribution in [-0.4, -0.2) is 56.6 Å². The molecule has 3 aromatic carbocycles. The molecular formula is C37H32ClN7O. The van der Waals surface area contributed by atoms with E-state index >= 15 is 0 Å². The summed E-state index contributed by atoms with van der Waals surface area (Å²) in [4.78, 5) is 33.2. The zero-order valence-corrected chi connectivity index (χ0v) is 25.9. The van der Waals surface area contributed by atoms with Gasteiger partial charge in [0.05, 0.1) is 11.4 Å². The topological polar surface area (TPSA) is 79.2 Å². The summed E-state index contributed by atoms with van der Waals surface area (Å²) >= 11 is 6.81. The summed E-state index contributed by atoms with van der Waals surface area (Å²) in [5.74, 6) is 0.411. The molecule has 2 fully saturated rings. The van der Waals surface area contributed by atoms with Crippen LogP contribution in [0.15, 0.2) is 114 Å². The number of para-hydroxylation sites is 1. The van der Waals surface area contributed by atoms with Crippen molar-refractivity contribution in [2.45, 2.75) is 18.9 Å². The Morgan fingerprint density at radius 1 is 0.804 bits per heavy atom. The van der Waals surface area contributed by atoms with E-state index in [2.05, 4.69) is 49.4 Å². The number of halogens is 1. The second kappa shape index (κ2) is 12.0. The van der Waals surface area contributed by atoms with Gasteiger partial charge in [0.2, 0.25) is 5.95 Å². The quantitative estimate of drug-likeness (QED) is 0.210. The van der Waals surface area contributed by atoms with Gasteiger partial charge in [-0.15, -0.1) is 0 Å². The second-order valence-electron chi connectivity index (χ2n) is 11.9. The maximum Gasteiger partial charge on any atom is 0.264 e. The van der Waals surface area contributed by atoms with Crippen molar-refractivity contribution in [1.29, 1.82) is 0 Å². The molecule has 2 aliphatic heterocycles. The Labute approximate surface area is 272 Å². The minimum Gasteiger partial charge on any atom is -0.369 e. The summed E-state index contributed by atoms with van der Waals surface area (Å²) in [7, 11) is 0. The Hall–Kier alpha value is -5.05. The molecule has 2 aliphatic rings. The summed E-state index contributed by atoms with van der Waals surface area (Å²) in [6.45, 7) is 4.50. The van der Waals surface area contributed by atoms with E-state index in [0.29, 0.717) is 39.5 Å². The zero-order valence-electron chi connectivity index (χ0n) is 25.2. The van der Waals surface area contributed by atoms with Crippen LogP contribution in [0.4, 0.5) is 17.3 Å². The molecule has 1 atom stereocenters. The first-order chi connectivity index (χ1) is 22.6. The Balaban J connectivity index is 1.13. The van der Waals surface area contributed by atoms with E-state index in [0.717, 1.165) is 42.0 Å². The molecule has 0 saturated carbocycles. The van der Waals surface area contributed by atoms with E-state index < -0.39 is 0 Å². The van der Waals surface area contributed by atoms with Crippen LogP contribution in [-0.2, 0) is 0 Å². The van der Waals surface area contributed by atoms with Gasteiger partial charge in [0.15, 0.2) is 5.65 Å². The summed E-state index contributed by atoms with van der Waals surface area (Å²) in [5.41, 5.74) is 5.89. The van der Waals surface area contributed by atoms with Gasteiger partial charge in [0.1, 0.15) is 0 Å². The third kappa shape index (κ3) is 5.40. The number of fused-ring (bicyclic) bond motifs is 2. The Kier molecular flexibility index (Phi) is 7.44. The predicted octanol–water partition coefficient (Wildman–Crippen LogP) is 7.19. The molecule has 6 aromatic rings. The van der Waals surface area contributed by atoms with Crippen LogP contribution in [0.25, 0.3) is 39.1 Å². The van der Waals surface area contributed by atoms with E-state index in [-0.39, 0.29) is 5.56 Å². The monoisotopic (exact) mass is 625 g/mol. The number of hydrogen-bond acceptors (Lipinski definition) is 7. The van der Waals surface area contributed by atoms with Gasteiger partial charge in [-0.05, 0) is 80.1 Å². The number of rotatable bonds is 6. The normalized spacial score (nSPS) is 16.5. The van der Waals surface area contributed by atoms with Crippen LogP contribution in [0.2, 0.25) is 5.02 Å². The number of piperazine rings is 1. The number of aromatic nitrogens is 4. The van der Waals surface area contributed by atoms with Crippen molar-refractivity contribution in [2.24, 2.45) is 0 Å². The average molecular weight is 626 g/mol. The van der Waals surface area contributed by atoms with Crippen LogP contribution in [0.1, 0.15) is 12.8 Å². The molecule has 1 N–H and O–H groups in total. The Morgan fingerprint density at radius 3 is 2.46 bits per heavy atom. The van der Waals surface area contributed by atoms with Crippen molar-refractivity contribution >= 4 is 40.0 Å². The summed E-state index contributed by atoms with van der Waals surface area (Å²) in [6, 6.07) is 31.8. The first-order valence-electron chi connectivity index (χ1n) is 15.7. The van der Waals surface area contributed by atoms with Gasteiger partial charge in [0, 0.05) is 76.5 Å². The standard InChI is InChI=1S/C37H32ClN7O/c38-33-22-25(34-10-4-5-17-39-34)11-16-31(33)32-21-26-23-40-37(42-35(26)45(36(32)46)29-7-2-1-3-8-29)41-27-12-14-28(15-13-27)44-20-19-43-18-6-9-30(43)24-44/h1-5,7-8,10-17,21-23,30H,6,9,18-20,24H2,(H,40,41,42). The first-order valence-corrected chi connectivity index (χ1v) is 16.0. The molecule has 8 rings (SSSR count). The van der Waals surface area contributed by atoms with Crippen LogP contribution in [0.5, 0.6) is 0 Å². The number of anilines is 3. The van der Waals surface area contributed by atoms with Crippen molar-refractivity contribution in [1.82, 2.24) is 24.4 Å². The molecule has 0 spiro atoms. The molecule has 3 aromatic heterocycles. The number of benzene rings is 3. The summed E-state index contributed by atoms with van der Waals surface area (Å²) in [5, 5.41) is 4.53. The average Bonchev–Trinajstić information content (AvgIpc) is 3.58. The second-order valence-corrected chi connectivity index (χ2v) is 12.3. The van der Waals surface area contributed by atoms with Crippen molar-refractivity contribution in [2.75, 3.05) is 36.4 Å². The van der Waals surface area contributed by atoms with E-state index in [1.165, 1.54) is 25.1 Å². The highest BCUT2D eigenvalue weighted by molar-refractivity contribution is 6.33. The molecule has 46 heavy (non-hydrogen) atoms. The van der Waals surface area contributed by atoms with Crippen molar-refractivity contribution in [3.8, 4) is 28.1 Å². The lowest BCUT2D eigenvalue weighted by atomic mass is 10.0.